The minimum atomic E-state index is -0.489. The van der Waals surface area contributed by atoms with E-state index in [1.807, 2.05) is 58.0 Å². The maximum Gasteiger partial charge on any atom is 0.328 e. The summed E-state index contributed by atoms with van der Waals surface area (Å²) in [6.07, 6.45) is 0.766. The van der Waals surface area contributed by atoms with Crippen molar-refractivity contribution in [2.45, 2.75) is 47.2 Å². The molecule has 3 rings (SSSR count). The standard InChI is InChI=1S/C25H31N3O5/c1-16-11-18(3)28(26-16)14-25(30)33-15-22(29)21-12-17(2)27(19(21)4)10-9-20-7-8-23(31-5)24(13-20)32-6/h7-8,11-13H,9-10,14-15H2,1-6H3. The van der Waals surface area contributed by atoms with Crippen molar-refractivity contribution in [1.29, 1.82) is 0 Å². The molecule has 0 spiro atoms. The predicted octanol–water partition coefficient (Wildman–Crippen LogP) is 3.60. The molecule has 33 heavy (non-hydrogen) atoms. The van der Waals surface area contributed by atoms with Gasteiger partial charge >= 0.3 is 5.97 Å². The van der Waals surface area contributed by atoms with Crippen LogP contribution >= 0.6 is 0 Å². The first-order valence-electron chi connectivity index (χ1n) is 10.8. The van der Waals surface area contributed by atoms with E-state index >= 15 is 0 Å². The van der Waals surface area contributed by atoms with Gasteiger partial charge in [0.1, 0.15) is 6.54 Å². The van der Waals surface area contributed by atoms with Crippen LogP contribution in [0.1, 0.15) is 38.7 Å². The Hall–Kier alpha value is -3.55. The van der Waals surface area contributed by atoms with Gasteiger partial charge in [0.25, 0.3) is 0 Å². The van der Waals surface area contributed by atoms with E-state index < -0.39 is 5.97 Å². The van der Waals surface area contributed by atoms with E-state index in [9.17, 15) is 9.59 Å². The molecule has 3 aromatic rings. The fourth-order valence-electron chi connectivity index (χ4n) is 3.93. The number of esters is 1. The van der Waals surface area contributed by atoms with Crippen LogP contribution in [-0.2, 0) is 29.0 Å². The fraction of sp³-hybridized carbons (Fsp3) is 0.400. The number of benzene rings is 1. The largest absolute Gasteiger partial charge is 0.493 e. The highest BCUT2D eigenvalue weighted by atomic mass is 16.5. The molecule has 0 aliphatic rings. The molecule has 8 heteroatoms. The number of Topliss-reactive ketones (excluding diaryl/α,β-unsaturated/α-hetero) is 1. The normalized spacial score (nSPS) is 10.8. The Bertz CT molecular complexity index is 1160. The third-order valence-corrected chi connectivity index (χ3v) is 5.69. The molecular formula is C25H31N3O5. The number of ketones is 1. The van der Waals surface area contributed by atoms with Crippen molar-refractivity contribution in [2.24, 2.45) is 0 Å². The summed E-state index contributed by atoms with van der Waals surface area (Å²) < 4.78 is 19.6. The van der Waals surface area contributed by atoms with Gasteiger partial charge < -0.3 is 18.8 Å². The monoisotopic (exact) mass is 453 g/mol. The number of aryl methyl sites for hydroxylation is 4. The molecule has 176 valence electrons. The van der Waals surface area contributed by atoms with Gasteiger partial charge in [0.05, 0.1) is 19.9 Å². The van der Waals surface area contributed by atoms with Crippen LogP contribution in [0.4, 0.5) is 0 Å². The van der Waals surface area contributed by atoms with Crippen LogP contribution in [0.3, 0.4) is 0 Å². The molecule has 8 nitrogen and oxygen atoms in total. The molecule has 0 amide bonds. The molecule has 2 aromatic heterocycles. The zero-order valence-electron chi connectivity index (χ0n) is 20.1. The van der Waals surface area contributed by atoms with Crippen LogP contribution in [0.25, 0.3) is 0 Å². The maximum atomic E-state index is 12.7. The van der Waals surface area contributed by atoms with Crippen molar-refractivity contribution in [3.8, 4) is 11.5 Å². The molecule has 0 N–H and O–H groups in total. The number of aromatic nitrogens is 3. The third kappa shape index (κ3) is 5.63. The van der Waals surface area contributed by atoms with E-state index in [0.717, 1.165) is 34.8 Å². The van der Waals surface area contributed by atoms with Crippen molar-refractivity contribution >= 4 is 11.8 Å². The van der Waals surface area contributed by atoms with Gasteiger partial charge in [0.2, 0.25) is 5.78 Å². The van der Waals surface area contributed by atoms with Crippen LogP contribution in [0.2, 0.25) is 0 Å². The average Bonchev–Trinajstić information content (AvgIpc) is 3.26. The molecule has 0 aliphatic carbocycles. The van der Waals surface area contributed by atoms with Crippen LogP contribution in [-0.4, -0.2) is 46.9 Å². The number of ether oxygens (including phenoxy) is 3. The Morgan fingerprint density at radius 3 is 2.30 bits per heavy atom. The summed E-state index contributed by atoms with van der Waals surface area (Å²) in [5.41, 5.74) is 5.20. The summed E-state index contributed by atoms with van der Waals surface area (Å²) in [6.45, 7) is 8.00. The van der Waals surface area contributed by atoms with Crippen molar-refractivity contribution in [1.82, 2.24) is 14.3 Å². The molecular weight excluding hydrogens is 422 g/mol. The molecule has 0 saturated carbocycles. The number of rotatable bonds is 10. The lowest BCUT2D eigenvalue weighted by Gasteiger charge is -2.12. The smallest absolute Gasteiger partial charge is 0.328 e. The fourth-order valence-corrected chi connectivity index (χ4v) is 3.93. The zero-order chi connectivity index (χ0) is 24.1. The van der Waals surface area contributed by atoms with E-state index in [2.05, 4.69) is 9.67 Å². The van der Waals surface area contributed by atoms with Gasteiger partial charge in [0, 0.05) is 29.2 Å². The molecule has 1 aromatic carbocycles. The predicted molar refractivity (Wildman–Crippen MR) is 124 cm³/mol. The number of nitrogens with zero attached hydrogens (tertiary/aromatic N) is 3. The Morgan fingerprint density at radius 1 is 0.939 bits per heavy atom. The maximum absolute atomic E-state index is 12.7. The first-order valence-corrected chi connectivity index (χ1v) is 10.8. The number of methoxy groups -OCH3 is 2. The Balaban J connectivity index is 1.61. The molecule has 0 unspecified atom stereocenters. The minimum Gasteiger partial charge on any atom is -0.493 e. The van der Waals surface area contributed by atoms with E-state index in [-0.39, 0.29) is 18.9 Å². The lowest BCUT2D eigenvalue weighted by Crippen LogP contribution is -2.20. The van der Waals surface area contributed by atoms with Gasteiger partial charge in [-0.3, -0.25) is 14.3 Å². The summed E-state index contributed by atoms with van der Waals surface area (Å²) in [5, 5.41) is 4.24. The molecule has 0 aliphatic heterocycles. The van der Waals surface area contributed by atoms with Gasteiger partial charge in [-0.2, -0.15) is 5.10 Å². The van der Waals surface area contributed by atoms with Crippen molar-refractivity contribution in [2.75, 3.05) is 20.8 Å². The summed E-state index contributed by atoms with van der Waals surface area (Å²) in [5.74, 6) is 0.669. The van der Waals surface area contributed by atoms with E-state index in [1.165, 1.54) is 0 Å². The molecule has 0 bridgehead atoms. The van der Waals surface area contributed by atoms with Crippen LogP contribution < -0.4 is 9.47 Å². The second kappa shape index (κ2) is 10.4. The van der Waals surface area contributed by atoms with Crippen molar-refractivity contribution in [3.05, 3.63) is 64.2 Å². The highest BCUT2D eigenvalue weighted by Crippen LogP contribution is 2.28. The van der Waals surface area contributed by atoms with Crippen molar-refractivity contribution < 1.29 is 23.8 Å². The van der Waals surface area contributed by atoms with E-state index in [4.69, 9.17) is 14.2 Å². The first-order chi connectivity index (χ1) is 15.7. The summed E-state index contributed by atoms with van der Waals surface area (Å²) in [4.78, 5) is 24.9. The lowest BCUT2D eigenvalue weighted by atomic mass is 10.1. The van der Waals surface area contributed by atoms with Gasteiger partial charge in [-0.15, -0.1) is 0 Å². The van der Waals surface area contributed by atoms with Crippen LogP contribution in [0, 0.1) is 27.7 Å². The van der Waals surface area contributed by atoms with Crippen LogP contribution in [0.5, 0.6) is 11.5 Å². The minimum absolute atomic E-state index is 0.0166. The number of hydrogen-bond donors (Lipinski definition) is 0. The van der Waals surface area contributed by atoms with E-state index in [0.29, 0.717) is 23.6 Å². The average molecular weight is 454 g/mol. The van der Waals surface area contributed by atoms with Crippen molar-refractivity contribution in [3.63, 3.8) is 0 Å². The van der Waals surface area contributed by atoms with Gasteiger partial charge in [0.15, 0.2) is 18.1 Å². The SMILES string of the molecule is COc1ccc(CCn2c(C)cc(C(=O)COC(=O)Cn3nc(C)cc3C)c2C)cc1OC. The highest BCUT2D eigenvalue weighted by Gasteiger charge is 2.18. The molecule has 0 fully saturated rings. The topological polar surface area (TPSA) is 84.6 Å². The summed E-state index contributed by atoms with van der Waals surface area (Å²) in [7, 11) is 3.23. The Kier molecular flexibility index (Phi) is 7.58. The Morgan fingerprint density at radius 2 is 1.67 bits per heavy atom. The second-order valence-electron chi connectivity index (χ2n) is 8.04. The summed E-state index contributed by atoms with van der Waals surface area (Å²) in [6, 6.07) is 9.58. The third-order valence-electron chi connectivity index (χ3n) is 5.69. The molecule has 2 heterocycles. The Labute approximate surface area is 194 Å². The number of carbonyl (C=O) groups excluding carboxylic acids is 2. The second-order valence-corrected chi connectivity index (χ2v) is 8.04. The lowest BCUT2D eigenvalue weighted by molar-refractivity contribution is -0.143. The van der Waals surface area contributed by atoms with Gasteiger partial charge in [-0.1, -0.05) is 6.07 Å². The first kappa shape index (κ1) is 24.1. The molecule has 0 atom stereocenters. The van der Waals surface area contributed by atoms with E-state index in [1.54, 1.807) is 18.9 Å². The molecule has 0 saturated heterocycles. The number of hydrogen-bond acceptors (Lipinski definition) is 6. The number of carbonyl (C=O) groups is 2. The zero-order valence-corrected chi connectivity index (χ0v) is 20.1. The summed E-state index contributed by atoms with van der Waals surface area (Å²) >= 11 is 0. The van der Waals surface area contributed by atoms with Gasteiger partial charge in [-0.25, -0.2) is 0 Å². The highest BCUT2D eigenvalue weighted by molar-refractivity contribution is 5.99. The van der Waals surface area contributed by atoms with Crippen LogP contribution in [0.15, 0.2) is 30.3 Å². The quantitative estimate of drug-likeness (QED) is 0.344. The molecule has 0 radical (unpaired) electrons. The van der Waals surface area contributed by atoms with Gasteiger partial charge in [-0.05, 0) is 63.9 Å².